The summed E-state index contributed by atoms with van der Waals surface area (Å²) in [4.78, 5) is 12.3. The third-order valence-corrected chi connectivity index (χ3v) is 4.34. The van der Waals surface area contributed by atoms with Gasteiger partial charge in [0.25, 0.3) is 5.91 Å². The molecule has 0 bridgehead atoms. The van der Waals surface area contributed by atoms with E-state index < -0.39 is 0 Å². The molecule has 0 atom stereocenters. The summed E-state index contributed by atoms with van der Waals surface area (Å²) in [6.07, 6.45) is 3.79. The van der Waals surface area contributed by atoms with Crippen molar-refractivity contribution in [2.75, 3.05) is 0 Å². The van der Waals surface area contributed by atoms with E-state index in [1.165, 1.54) is 0 Å². The van der Waals surface area contributed by atoms with Crippen LogP contribution in [-0.2, 0) is 6.61 Å². The van der Waals surface area contributed by atoms with Gasteiger partial charge in [-0.25, -0.2) is 5.43 Å². The molecule has 0 saturated carbocycles. The lowest BCUT2D eigenvalue weighted by atomic mass is 10.2. The van der Waals surface area contributed by atoms with E-state index in [-0.39, 0.29) is 5.91 Å². The number of allylic oxidation sites excluding steroid dienone is 1. The van der Waals surface area contributed by atoms with Gasteiger partial charge in [0.05, 0.1) is 5.71 Å². The van der Waals surface area contributed by atoms with Crippen LogP contribution in [0, 0.1) is 0 Å². The van der Waals surface area contributed by atoms with Gasteiger partial charge in [0, 0.05) is 10.6 Å². The lowest BCUT2D eigenvalue weighted by Crippen LogP contribution is -2.18. The molecule has 5 heteroatoms. The number of ether oxygens (including phenoxy) is 1. The number of carbonyl (C=O) groups excluding carboxylic acids is 1. The van der Waals surface area contributed by atoms with E-state index in [1.54, 1.807) is 24.3 Å². The van der Waals surface area contributed by atoms with Crippen molar-refractivity contribution in [2.24, 2.45) is 5.10 Å². The predicted octanol–water partition coefficient (Wildman–Crippen LogP) is 5.74. The zero-order valence-corrected chi connectivity index (χ0v) is 16.8. The SMILES string of the molecule is CC(/C=C/c1ccccc1)=N\NC(=O)c1ccc(OCc2ccc(Cl)cc2)cc1. The Morgan fingerprint density at radius 2 is 1.69 bits per heavy atom. The summed E-state index contributed by atoms with van der Waals surface area (Å²) in [5, 5.41) is 4.80. The number of carbonyl (C=O) groups is 1. The van der Waals surface area contributed by atoms with Gasteiger partial charge in [-0.3, -0.25) is 4.79 Å². The Morgan fingerprint density at radius 3 is 2.38 bits per heavy atom. The Labute approximate surface area is 175 Å². The molecule has 0 aliphatic carbocycles. The van der Waals surface area contributed by atoms with Gasteiger partial charge in [-0.1, -0.05) is 60.1 Å². The number of nitrogens with zero attached hydrogens (tertiary/aromatic N) is 1. The standard InChI is InChI=1S/C24H21ClN2O2/c1-18(7-8-19-5-3-2-4-6-19)26-27-24(28)21-11-15-23(16-12-21)29-17-20-9-13-22(25)14-10-20/h2-16H,17H2,1H3,(H,27,28)/b8-7+,26-18+. The number of benzene rings is 3. The average molecular weight is 405 g/mol. The molecule has 0 radical (unpaired) electrons. The van der Waals surface area contributed by atoms with Gasteiger partial charge >= 0.3 is 0 Å². The maximum atomic E-state index is 12.3. The largest absolute Gasteiger partial charge is 0.489 e. The smallest absolute Gasteiger partial charge is 0.271 e. The average Bonchev–Trinajstić information content (AvgIpc) is 2.76. The fourth-order valence-corrected chi connectivity index (χ4v) is 2.60. The summed E-state index contributed by atoms with van der Waals surface area (Å²) < 4.78 is 5.73. The van der Waals surface area contributed by atoms with Crippen molar-refractivity contribution < 1.29 is 9.53 Å². The van der Waals surface area contributed by atoms with E-state index in [4.69, 9.17) is 16.3 Å². The Kier molecular flexibility index (Phi) is 7.20. The van der Waals surface area contributed by atoms with E-state index in [2.05, 4.69) is 10.5 Å². The Bertz CT molecular complexity index is 995. The fourth-order valence-electron chi connectivity index (χ4n) is 2.47. The Hall–Kier alpha value is -3.37. The molecule has 1 N–H and O–H groups in total. The molecule has 0 aliphatic heterocycles. The van der Waals surface area contributed by atoms with Gasteiger partial charge < -0.3 is 4.74 Å². The maximum absolute atomic E-state index is 12.3. The minimum absolute atomic E-state index is 0.276. The number of hydrogen-bond acceptors (Lipinski definition) is 3. The minimum Gasteiger partial charge on any atom is -0.489 e. The molecular formula is C24H21ClN2O2. The normalized spacial score (nSPS) is 11.4. The number of halogens is 1. The molecule has 4 nitrogen and oxygen atoms in total. The van der Waals surface area contributed by atoms with Crippen molar-refractivity contribution in [3.05, 3.63) is 107 Å². The van der Waals surface area contributed by atoms with Crippen LogP contribution in [0.3, 0.4) is 0 Å². The summed E-state index contributed by atoms with van der Waals surface area (Å²) in [7, 11) is 0. The third kappa shape index (κ3) is 6.63. The molecule has 1 amide bonds. The molecule has 0 aliphatic rings. The Balaban J connectivity index is 1.51. The van der Waals surface area contributed by atoms with Crippen molar-refractivity contribution in [3.8, 4) is 5.75 Å². The summed E-state index contributed by atoms with van der Waals surface area (Å²) in [6, 6.07) is 24.3. The number of rotatable bonds is 7. The van der Waals surface area contributed by atoms with E-state index in [0.717, 1.165) is 11.1 Å². The third-order valence-electron chi connectivity index (χ3n) is 4.09. The molecule has 3 rings (SSSR count). The van der Waals surface area contributed by atoms with Gasteiger partial charge in [-0.2, -0.15) is 5.10 Å². The van der Waals surface area contributed by atoms with Crippen molar-refractivity contribution in [3.63, 3.8) is 0 Å². The van der Waals surface area contributed by atoms with Gasteiger partial charge in [-0.15, -0.1) is 0 Å². The van der Waals surface area contributed by atoms with Gasteiger partial charge in [0.1, 0.15) is 12.4 Å². The second-order valence-corrected chi connectivity index (χ2v) is 6.81. The lowest BCUT2D eigenvalue weighted by molar-refractivity contribution is 0.0955. The first-order valence-electron chi connectivity index (χ1n) is 9.15. The number of nitrogens with one attached hydrogen (secondary N) is 1. The summed E-state index contributed by atoms with van der Waals surface area (Å²) in [5.74, 6) is 0.406. The van der Waals surface area contributed by atoms with Crippen LogP contribution >= 0.6 is 11.6 Å². The molecule has 0 aromatic heterocycles. The number of hydrogen-bond donors (Lipinski definition) is 1. The van der Waals surface area contributed by atoms with Crippen molar-refractivity contribution in [1.29, 1.82) is 0 Å². The van der Waals surface area contributed by atoms with Gasteiger partial charge in [-0.05, 0) is 60.5 Å². The summed E-state index contributed by atoms with van der Waals surface area (Å²) >= 11 is 5.88. The van der Waals surface area contributed by atoms with Crippen LogP contribution < -0.4 is 10.2 Å². The zero-order chi connectivity index (χ0) is 20.5. The molecule has 29 heavy (non-hydrogen) atoms. The molecule has 0 saturated heterocycles. The predicted molar refractivity (Wildman–Crippen MR) is 118 cm³/mol. The van der Waals surface area contributed by atoms with Crippen LogP contribution in [0.15, 0.2) is 90.0 Å². The van der Waals surface area contributed by atoms with Crippen molar-refractivity contribution >= 4 is 29.3 Å². The monoisotopic (exact) mass is 404 g/mol. The molecule has 146 valence electrons. The highest BCUT2D eigenvalue weighted by Crippen LogP contribution is 2.16. The topological polar surface area (TPSA) is 50.7 Å². The fraction of sp³-hybridized carbons (Fsp3) is 0.0833. The number of amides is 1. The van der Waals surface area contributed by atoms with Crippen LogP contribution in [0.1, 0.15) is 28.4 Å². The summed E-state index contributed by atoms with van der Waals surface area (Å²) in [5.41, 5.74) is 5.86. The molecule has 0 fully saturated rings. The number of hydrazone groups is 1. The highest BCUT2D eigenvalue weighted by atomic mass is 35.5. The molecule has 3 aromatic rings. The first kappa shape index (κ1) is 20.4. The molecule has 0 spiro atoms. The maximum Gasteiger partial charge on any atom is 0.271 e. The first-order chi connectivity index (χ1) is 14.1. The van der Waals surface area contributed by atoms with Crippen LogP contribution in [0.2, 0.25) is 5.02 Å². The van der Waals surface area contributed by atoms with E-state index >= 15 is 0 Å². The minimum atomic E-state index is -0.276. The van der Waals surface area contributed by atoms with Crippen LogP contribution in [0.4, 0.5) is 0 Å². The first-order valence-corrected chi connectivity index (χ1v) is 9.53. The molecular weight excluding hydrogens is 384 g/mol. The van der Waals surface area contributed by atoms with Crippen LogP contribution in [0.5, 0.6) is 5.75 Å². The molecule has 3 aromatic carbocycles. The van der Waals surface area contributed by atoms with Crippen LogP contribution in [0.25, 0.3) is 6.08 Å². The Morgan fingerprint density at radius 1 is 1.00 bits per heavy atom. The quantitative estimate of drug-likeness (QED) is 0.403. The van der Waals surface area contributed by atoms with E-state index in [1.807, 2.05) is 73.7 Å². The molecule has 0 unspecified atom stereocenters. The van der Waals surface area contributed by atoms with Crippen LogP contribution in [-0.4, -0.2) is 11.6 Å². The van der Waals surface area contributed by atoms with Crippen molar-refractivity contribution in [1.82, 2.24) is 5.43 Å². The highest BCUT2D eigenvalue weighted by Gasteiger charge is 2.05. The zero-order valence-electron chi connectivity index (χ0n) is 16.0. The van der Waals surface area contributed by atoms with Gasteiger partial charge in [0.2, 0.25) is 0 Å². The van der Waals surface area contributed by atoms with E-state index in [0.29, 0.717) is 28.7 Å². The highest BCUT2D eigenvalue weighted by molar-refractivity contribution is 6.30. The second-order valence-electron chi connectivity index (χ2n) is 6.38. The summed E-state index contributed by atoms with van der Waals surface area (Å²) in [6.45, 7) is 2.26. The second kappa shape index (κ2) is 10.2. The van der Waals surface area contributed by atoms with Crippen molar-refractivity contribution in [2.45, 2.75) is 13.5 Å². The van der Waals surface area contributed by atoms with Gasteiger partial charge in [0.15, 0.2) is 0 Å². The van der Waals surface area contributed by atoms with E-state index in [9.17, 15) is 4.79 Å². The lowest BCUT2D eigenvalue weighted by Gasteiger charge is -2.07. The molecule has 0 heterocycles.